The summed E-state index contributed by atoms with van der Waals surface area (Å²) in [7, 11) is 1.72. The Morgan fingerprint density at radius 1 is 1.38 bits per heavy atom. The van der Waals surface area contributed by atoms with Gasteiger partial charge in [0.1, 0.15) is 0 Å². The zero-order chi connectivity index (χ0) is 10.9. The largest absolute Gasteiger partial charge is 0.372 e. The van der Waals surface area contributed by atoms with Crippen LogP contribution in [0.25, 0.3) is 0 Å². The summed E-state index contributed by atoms with van der Waals surface area (Å²) in [6.07, 6.45) is 0. The molecule has 0 rings (SSSR count). The van der Waals surface area contributed by atoms with Crippen LogP contribution in [0.15, 0.2) is 12.3 Å². The molecule has 0 heterocycles. The Morgan fingerprint density at radius 2 is 1.77 bits per heavy atom. The molecule has 0 aliphatic rings. The van der Waals surface area contributed by atoms with E-state index < -0.39 is 5.92 Å². The monoisotopic (exact) mass is 189 g/mol. The molecule has 13 heavy (non-hydrogen) atoms. The smallest absolute Gasteiger partial charge is 0.228 e. The maximum Gasteiger partial charge on any atom is 0.228 e. The standard InChI is InChI=1S/C9H20FN3/c1-7(8(2,3)4)13(5)6-9(10,11)12/h1,6,11-12H2,2-5H3. The first kappa shape index (κ1) is 12.4. The summed E-state index contributed by atoms with van der Waals surface area (Å²) in [5.41, 5.74) is 10.8. The molecule has 0 aromatic carbocycles. The van der Waals surface area contributed by atoms with Crippen molar-refractivity contribution >= 4 is 0 Å². The van der Waals surface area contributed by atoms with Gasteiger partial charge < -0.3 is 4.90 Å². The second kappa shape index (κ2) is 3.64. The van der Waals surface area contributed by atoms with Crippen molar-refractivity contribution < 1.29 is 4.39 Å². The summed E-state index contributed by atoms with van der Waals surface area (Å²) in [6.45, 7) is 9.80. The van der Waals surface area contributed by atoms with Crippen LogP contribution in [0.4, 0.5) is 4.39 Å². The summed E-state index contributed by atoms with van der Waals surface area (Å²) < 4.78 is 12.9. The zero-order valence-electron chi connectivity index (χ0n) is 8.89. The highest BCUT2D eigenvalue weighted by Gasteiger charge is 2.24. The zero-order valence-corrected chi connectivity index (χ0v) is 8.89. The molecular weight excluding hydrogens is 169 g/mol. The first-order valence-corrected chi connectivity index (χ1v) is 4.21. The normalized spacial score (nSPS) is 12.8. The summed E-state index contributed by atoms with van der Waals surface area (Å²) in [5.74, 6) is -2.16. The maximum absolute atomic E-state index is 12.9. The molecule has 4 heteroatoms. The van der Waals surface area contributed by atoms with E-state index in [1.54, 1.807) is 11.9 Å². The SMILES string of the molecule is C=C(N(C)CC(N)(N)F)C(C)(C)C. The molecule has 0 aliphatic heterocycles. The number of rotatable bonds is 3. The number of alkyl halides is 1. The minimum absolute atomic E-state index is 0.0525. The number of nitrogens with two attached hydrogens (primary N) is 2. The van der Waals surface area contributed by atoms with Crippen LogP contribution < -0.4 is 11.5 Å². The number of nitrogens with zero attached hydrogens (tertiary/aromatic N) is 1. The topological polar surface area (TPSA) is 55.3 Å². The average Bonchev–Trinajstić information content (AvgIpc) is 1.79. The molecule has 0 radical (unpaired) electrons. The molecular formula is C9H20FN3. The van der Waals surface area contributed by atoms with Crippen molar-refractivity contribution in [3.8, 4) is 0 Å². The Morgan fingerprint density at radius 3 is 2.00 bits per heavy atom. The third-order valence-corrected chi connectivity index (χ3v) is 1.81. The Kier molecular flexibility index (Phi) is 3.47. The number of likely N-dealkylation sites (N-methyl/N-ethyl adjacent to an activating group) is 1. The third kappa shape index (κ3) is 4.85. The average molecular weight is 189 g/mol. The van der Waals surface area contributed by atoms with E-state index in [2.05, 4.69) is 6.58 Å². The minimum Gasteiger partial charge on any atom is -0.372 e. The second-order valence-electron chi connectivity index (χ2n) is 4.48. The lowest BCUT2D eigenvalue weighted by Gasteiger charge is -2.33. The van der Waals surface area contributed by atoms with Gasteiger partial charge in [0.25, 0.3) is 0 Å². The predicted octanol–water partition coefficient (Wildman–Crippen LogP) is 1.02. The van der Waals surface area contributed by atoms with Crippen molar-refractivity contribution in [2.75, 3.05) is 13.6 Å². The first-order valence-electron chi connectivity index (χ1n) is 4.21. The van der Waals surface area contributed by atoms with Crippen molar-refractivity contribution in [2.45, 2.75) is 26.7 Å². The molecule has 0 aliphatic carbocycles. The van der Waals surface area contributed by atoms with Gasteiger partial charge in [-0.05, 0) is 0 Å². The molecule has 0 aromatic heterocycles. The van der Waals surface area contributed by atoms with Gasteiger partial charge >= 0.3 is 0 Å². The Labute approximate surface area is 79.6 Å². The van der Waals surface area contributed by atoms with Crippen molar-refractivity contribution in [1.82, 2.24) is 4.90 Å². The van der Waals surface area contributed by atoms with Crippen molar-refractivity contribution in [3.63, 3.8) is 0 Å². The Bertz CT molecular complexity index is 188. The van der Waals surface area contributed by atoms with E-state index >= 15 is 0 Å². The van der Waals surface area contributed by atoms with E-state index in [-0.39, 0.29) is 12.0 Å². The van der Waals surface area contributed by atoms with E-state index in [0.717, 1.165) is 5.70 Å². The van der Waals surface area contributed by atoms with Crippen LogP contribution in [-0.2, 0) is 0 Å². The van der Waals surface area contributed by atoms with Crippen LogP contribution >= 0.6 is 0 Å². The van der Waals surface area contributed by atoms with Crippen LogP contribution in [0.5, 0.6) is 0 Å². The number of allylic oxidation sites excluding steroid dienone is 1. The Balaban J connectivity index is 4.30. The van der Waals surface area contributed by atoms with Gasteiger partial charge in [-0.1, -0.05) is 27.4 Å². The van der Waals surface area contributed by atoms with Gasteiger partial charge in [-0.3, -0.25) is 11.5 Å². The van der Waals surface area contributed by atoms with E-state index in [1.807, 2.05) is 20.8 Å². The quantitative estimate of drug-likeness (QED) is 0.515. The molecule has 4 N–H and O–H groups in total. The summed E-state index contributed by atoms with van der Waals surface area (Å²) in [5, 5.41) is 0. The molecule has 3 nitrogen and oxygen atoms in total. The first-order chi connectivity index (χ1) is 5.54. The van der Waals surface area contributed by atoms with Crippen LogP contribution in [0.2, 0.25) is 0 Å². The lowest BCUT2D eigenvalue weighted by molar-refractivity contribution is 0.124. The molecule has 0 bridgehead atoms. The molecule has 0 fully saturated rings. The Hall–Kier alpha value is -0.610. The minimum atomic E-state index is -2.16. The van der Waals surface area contributed by atoms with Crippen molar-refractivity contribution in [1.29, 1.82) is 0 Å². The van der Waals surface area contributed by atoms with Gasteiger partial charge in [0, 0.05) is 18.2 Å². The molecule has 0 amide bonds. The fourth-order valence-corrected chi connectivity index (χ4v) is 1.03. The highest BCUT2D eigenvalue weighted by Crippen LogP contribution is 2.25. The summed E-state index contributed by atoms with van der Waals surface area (Å²) in [6, 6.07) is 0. The summed E-state index contributed by atoms with van der Waals surface area (Å²) in [4.78, 5) is 1.64. The van der Waals surface area contributed by atoms with Crippen LogP contribution in [0, 0.1) is 5.41 Å². The van der Waals surface area contributed by atoms with E-state index in [1.165, 1.54) is 0 Å². The van der Waals surface area contributed by atoms with Gasteiger partial charge in [0.15, 0.2) is 0 Å². The number of halogens is 1. The van der Waals surface area contributed by atoms with Gasteiger partial charge in [0.2, 0.25) is 5.92 Å². The highest BCUT2D eigenvalue weighted by molar-refractivity contribution is 5.04. The molecule has 0 saturated heterocycles. The van der Waals surface area contributed by atoms with Crippen molar-refractivity contribution in [3.05, 3.63) is 12.3 Å². The molecule has 0 aromatic rings. The lowest BCUT2D eigenvalue weighted by atomic mass is 9.92. The van der Waals surface area contributed by atoms with Crippen LogP contribution in [0.1, 0.15) is 20.8 Å². The highest BCUT2D eigenvalue weighted by atomic mass is 19.1. The third-order valence-electron chi connectivity index (χ3n) is 1.81. The van der Waals surface area contributed by atoms with Gasteiger partial charge in [-0.2, -0.15) is 0 Å². The second-order valence-corrected chi connectivity index (χ2v) is 4.48. The lowest BCUT2D eigenvalue weighted by Crippen LogP contribution is -2.53. The fourth-order valence-electron chi connectivity index (χ4n) is 1.03. The van der Waals surface area contributed by atoms with E-state index in [0.29, 0.717) is 0 Å². The van der Waals surface area contributed by atoms with Gasteiger partial charge in [-0.25, -0.2) is 4.39 Å². The maximum atomic E-state index is 12.9. The van der Waals surface area contributed by atoms with E-state index in [4.69, 9.17) is 11.5 Å². The van der Waals surface area contributed by atoms with Crippen molar-refractivity contribution in [2.24, 2.45) is 16.9 Å². The van der Waals surface area contributed by atoms with Crippen LogP contribution in [0.3, 0.4) is 0 Å². The van der Waals surface area contributed by atoms with Gasteiger partial charge in [-0.15, -0.1) is 0 Å². The number of hydrogen-bond acceptors (Lipinski definition) is 3. The molecule has 0 atom stereocenters. The van der Waals surface area contributed by atoms with E-state index in [9.17, 15) is 4.39 Å². The predicted molar refractivity (Wildman–Crippen MR) is 53.4 cm³/mol. The summed E-state index contributed by atoms with van der Waals surface area (Å²) >= 11 is 0. The van der Waals surface area contributed by atoms with Gasteiger partial charge in [0.05, 0.1) is 6.54 Å². The number of hydrogen-bond donors (Lipinski definition) is 2. The molecule has 0 unspecified atom stereocenters. The molecule has 78 valence electrons. The van der Waals surface area contributed by atoms with Crippen LogP contribution in [-0.4, -0.2) is 24.4 Å². The fraction of sp³-hybridized carbons (Fsp3) is 0.778. The molecule has 0 spiro atoms. The molecule has 0 saturated carbocycles.